The lowest BCUT2D eigenvalue weighted by Gasteiger charge is -2.45. The van der Waals surface area contributed by atoms with E-state index in [-0.39, 0.29) is 29.7 Å². The monoisotopic (exact) mass is 716 g/mol. The number of rotatable bonds is 13. The van der Waals surface area contributed by atoms with Gasteiger partial charge in [-0.2, -0.15) is 0 Å². The van der Waals surface area contributed by atoms with Gasteiger partial charge in [-0.05, 0) is 60.7 Å². The van der Waals surface area contributed by atoms with Gasteiger partial charge in [-0.15, -0.1) is 0 Å². The van der Waals surface area contributed by atoms with Gasteiger partial charge in [0.15, 0.2) is 18.0 Å². The lowest BCUT2D eigenvalue weighted by molar-refractivity contribution is -0.260. The van der Waals surface area contributed by atoms with Crippen LogP contribution in [0, 0.1) is 0 Å². The summed E-state index contributed by atoms with van der Waals surface area (Å²) in [6.45, 7) is 1.62. The number of benzene rings is 5. The van der Waals surface area contributed by atoms with Crippen molar-refractivity contribution in [3.05, 3.63) is 150 Å². The number of fused-ring (bicyclic) bond motifs is 1. The van der Waals surface area contributed by atoms with Gasteiger partial charge < -0.3 is 42.7 Å². The number of hydrogen-bond acceptors (Lipinski definition) is 11. The van der Waals surface area contributed by atoms with Crippen molar-refractivity contribution in [1.82, 2.24) is 0 Å². The molecule has 1 fully saturated rings. The number of hydrogen-bond donors (Lipinski definition) is 1. The minimum atomic E-state index is -1.15. The van der Waals surface area contributed by atoms with Gasteiger partial charge >= 0.3 is 11.6 Å². The van der Waals surface area contributed by atoms with E-state index in [0.717, 1.165) is 0 Å². The van der Waals surface area contributed by atoms with E-state index in [1.165, 1.54) is 12.1 Å². The van der Waals surface area contributed by atoms with Crippen molar-refractivity contribution < 1.29 is 47.5 Å². The summed E-state index contributed by atoms with van der Waals surface area (Å²) in [5, 5.41) is 11.0. The summed E-state index contributed by atoms with van der Waals surface area (Å²) in [5.74, 6) is 0.703. The molecule has 6 aromatic rings. The Morgan fingerprint density at radius 1 is 0.642 bits per heavy atom. The molecule has 1 aliphatic heterocycles. The quantitative estimate of drug-likeness (QED) is 0.0951. The predicted molar refractivity (Wildman–Crippen MR) is 194 cm³/mol. The molecule has 1 aliphatic rings. The highest BCUT2D eigenvalue weighted by atomic mass is 16.7. The molecule has 11 heteroatoms. The molecule has 53 heavy (non-hydrogen) atoms. The van der Waals surface area contributed by atoms with Crippen molar-refractivity contribution in [2.24, 2.45) is 0 Å². The maximum atomic E-state index is 12.8. The van der Waals surface area contributed by atoms with Crippen LogP contribution in [0.15, 0.2) is 149 Å². The number of carbonyl (C=O) groups excluding carboxylic acids is 1. The molecule has 270 valence electrons. The Morgan fingerprint density at radius 3 is 1.74 bits per heavy atom. The maximum absolute atomic E-state index is 12.8. The topological polar surface area (TPSA) is 132 Å². The number of aromatic hydroxyl groups is 1. The third kappa shape index (κ3) is 8.37. The minimum absolute atomic E-state index is 0.000904. The van der Waals surface area contributed by atoms with Crippen LogP contribution in [0.5, 0.6) is 40.2 Å². The van der Waals surface area contributed by atoms with Gasteiger partial charge in [0, 0.05) is 12.5 Å². The van der Waals surface area contributed by atoms with Crippen LogP contribution in [0.1, 0.15) is 13.3 Å². The molecule has 2 heterocycles. The van der Waals surface area contributed by atoms with Crippen molar-refractivity contribution >= 4 is 16.9 Å². The first-order chi connectivity index (χ1) is 25.9. The van der Waals surface area contributed by atoms with Crippen LogP contribution in [-0.4, -0.2) is 48.4 Å². The van der Waals surface area contributed by atoms with Gasteiger partial charge in [0.1, 0.15) is 47.0 Å². The normalized spacial score (nSPS) is 19.5. The van der Waals surface area contributed by atoms with Crippen LogP contribution in [-0.2, 0) is 9.53 Å². The summed E-state index contributed by atoms with van der Waals surface area (Å²) in [6.07, 6.45) is -4.51. The molecule has 0 aliphatic carbocycles. The first-order valence-corrected chi connectivity index (χ1v) is 17.1. The first kappa shape index (κ1) is 35.0. The smallest absolute Gasteiger partial charge is 0.383 e. The van der Waals surface area contributed by atoms with E-state index in [0.29, 0.717) is 23.0 Å². The molecule has 0 saturated carbocycles. The van der Waals surface area contributed by atoms with E-state index in [1.807, 2.05) is 121 Å². The van der Waals surface area contributed by atoms with Gasteiger partial charge in [-0.3, -0.25) is 4.79 Å². The summed E-state index contributed by atoms with van der Waals surface area (Å²) in [4.78, 5) is 24.7. The summed E-state index contributed by atoms with van der Waals surface area (Å²) < 4.78 is 50.0. The molecular weight excluding hydrogens is 680 g/mol. The van der Waals surface area contributed by atoms with Crippen LogP contribution in [0.2, 0.25) is 0 Å². The zero-order valence-electron chi connectivity index (χ0n) is 28.6. The highest BCUT2D eigenvalue weighted by Gasteiger charge is 2.52. The zero-order chi connectivity index (χ0) is 36.6. The molecule has 0 amide bonds. The second kappa shape index (κ2) is 16.3. The Labute approximate surface area is 304 Å². The average molecular weight is 717 g/mol. The summed E-state index contributed by atoms with van der Waals surface area (Å²) in [5.41, 5.74) is -1.03. The Morgan fingerprint density at radius 2 is 1.17 bits per heavy atom. The van der Waals surface area contributed by atoms with E-state index < -0.39 is 53.8 Å². The number of ether oxygens (including phenoxy) is 7. The van der Waals surface area contributed by atoms with E-state index in [9.17, 15) is 14.7 Å². The highest BCUT2D eigenvalue weighted by molar-refractivity contribution is 5.87. The lowest BCUT2D eigenvalue weighted by atomic mass is 9.97. The molecular formula is C42H36O11. The Hall–Kier alpha value is -6.46. The van der Waals surface area contributed by atoms with Crippen molar-refractivity contribution in [1.29, 1.82) is 0 Å². The van der Waals surface area contributed by atoms with Crippen molar-refractivity contribution in [2.75, 3.05) is 6.61 Å². The number of esters is 1. The Bertz CT molecular complexity index is 2160. The van der Waals surface area contributed by atoms with Crippen LogP contribution in [0.4, 0.5) is 0 Å². The van der Waals surface area contributed by atoms with Gasteiger partial charge in [0.2, 0.25) is 12.4 Å². The minimum Gasteiger partial charge on any atom is -0.504 e. The van der Waals surface area contributed by atoms with E-state index >= 15 is 0 Å². The molecule has 5 atom stereocenters. The average Bonchev–Trinajstić information content (AvgIpc) is 3.19. The molecule has 11 nitrogen and oxygen atoms in total. The fourth-order valence-corrected chi connectivity index (χ4v) is 5.80. The fourth-order valence-electron chi connectivity index (χ4n) is 5.80. The summed E-state index contributed by atoms with van der Waals surface area (Å²) in [6, 6.07) is 41.6. The molecule has 1 N–H and O–H groups in total. The third-order valence-corrected chi connectivity index (χ3v) is 8.36. The van der Waals surface area contributed by atoms with Gasteiger partial charge in [-0.25, -0.2) is 4.79 Å². The standard InChI is InChI=1S/C42H36O11/c1-2-35(43)53-38-36(44)32-24-23-31(25-33(32)51-41(38)45)50-42-40(49-30-21-13-6-14-22-30)39(48-29-19-11-5-12-20-29)37(47-28-17-9-4-10-18-28)34(52-42)26-46-27-15-7-3-8-16-27/h3-25,34,37,39-40,42,44H,2,26H2,1H3/t34-,37-,39+,40+,42+/m1/s1. The fraction of sp³-hybridized carbons (Fsp3) is 0.190. The molecule has 0 bridgehead atoms. The van der Waals surface area contributed by atoms with E-state index in [4.69, 9.17) is 37.6 Å². The maximum Gasteiger partial charge on any atom is 0.383 e. The highest BCUT2D eigenvalue weighted by Crippen LogP contribution is 2.37. The van der Waals surface area contributed by atoms with E-state index in [1.54, 1.807) is 13.0 Å². The molecule has 0 unspecified atom stereocenters. The second-order valence-electron chi connectivity index (χ2n) is 12.0. The predicted octanol–water partition coefficient (Wildman–Crippen LogP) is 7.34. The molecule has 0 spiro atoms. The SMILES string of the molecule is CCC(=O)Oc1c(O)c2ccc(O[C@H]3O[C@H](COc4ccccc4)[C@@H](Oc4ccccc4)[C@H](Oc4ccccc4)[C@@H]3Oc3ccccc3)cc2oc1=O. The second-order valence-corrected chi connectivity index (χ2v) is 12.0. The third-order valence-electron chi connectivity index (χ3n) is 8.36. The largest absolute Gasteiger partial charge is 0.504 e. The Balaban J connectivity index is 1.29. The van der Waals surface area contributed by atoms with Gasteiger partial charge in [0.25, 0.3) is 5.75 Å². The number of para-hydroxylation sites is 4. The summed E-state index contributed by atoms with van der Waals surface area (Å²) in [7, 11) is 0. The van der Waals surface area contributed by atoms with Crippen molar-refractivity contribution in [2.45, 2.75) is 44.1 Å². The molecule has 5 aromatic carbocycles. The molecule has 1 aromatic heterocycles. The van der Waals surface area contributed by atoms with Gasteiger partial charge in [0.05, 0.1) is 5.39 Å². The number of carbonyl (C=O) groups is 1. The van der Waals surface area contributed by atoms with Gasteiger partial charge in [-0.1, -0.05) is 79.7 Å². The van der Waals surface area contributed by atoms with Crippen LogP contribution in [0.25, 0.3) is 11.0 Å². The lowest BCUT2D eigenvalue weighted by Crippen LogP contribution is -2.66. The molecule has 7 rings (SSSR count). The van der Waals surface area contributed by atoms with E-state index in [2.05, 4.69) is 0 Å². The zero-order valence-corrected chi connectivity index (χ0v) is 28.6. The van der Waals surface area contributed by atoms with Crippen LogP contribution in [0.3, 0.4) is 0 Å². The van der Waals surface area contributed by atoms with Crippen molar-refractivity contribution in [3.8, 4) is 40.2 Å². The summed E-state index contributed by atoms with van der Waals surface area (Å²) >= 11 is 0. The molecule has 1 saturated heterocycles. The molecule has 0 radical (unpaired) electrons. The van der Waals surface area contributed by atoms with Crippen molar-refractivity contribution in [3.63, 3.8) is 0 Å². The van der Waals surface area contributed by atoms with Crippen LogP contribution < -0.4 is 34.0 Å². The van der Waals surface area contributed by atoms with Crippen LogP contribution >= 0.6 is 0 Å². The Kier molecular flexibility index (Phi) is 10.7. The first-order valence-electron chi connectivity index (χ1n) is 17.1.